The summed E-state index contributed by atoms with van der Waals surface area (Å²) in [4.78, 5) is 14.0. The second-order valence-corrected chi connectivity index (χ2v) is 9.77. The van der Waals surface area contributed by atoms with Crippen LogP contribution < -0.4 is 10.1 Å². The maximum Gasteiger partial charge on any atom is 0.235 e. The van der Waals surface area contributed by atoms with Gasteiger partial charge in [0.05, 0.1) is 18.4 Å². The van der Waals surface area contributed by atoms with E-state index in [-0.39, 0.29) is 11.7 Å². The van der Waals surface area contributed by atoms with Crippen LogP contribution in [-0.4, -0.2) is 33.5 Å². The first kappa shape index (κ1) is 22.2. The number of ether oxygens (including phenoxy) is 1. The predicted molar refractivity (Wildman–Crippen MR) is 134 cm³/mol. The first-order chi connectivity index (χ1) is 16.7. The van der Waals surface area contributed by atoms with Crippen molar-refractivity contribution >= 4 is 34.0 Å². The van der Waals surface area contributed by atoms with Gasteiger partial charge < -0.3 is 10.1 Å². The molecule has 2 aromatic carbocycles. The summed E-state index contributed by atoms with van der Waals surface area (Å²) < 4.78 is 7.31. The average Bonchev–Trinajstić information content (AvgIpc) is 3.58. The summed E-state index contributed by atoms with van der Waals surface area (Å²) in [6, 6.07) is 19.7. The fraction of sp³-hybridized carbons (Fsp3) is 0.200. The van der Waals surface area contributed by atoms with E-state index in [0.717, 1.165) is 41.8 Å². The molecule has 0 fully saturated rings. The first-order valence-electron chi connectivity index (χ1n) is 10.8. The molecule has 1 N–H and O–H groups in total. The van der Waals surface area contributed by atoms with Gasteiger partial charge in [0.2, 0.25) is 5.91 Å². The lowest BCUT2D eigenvalue weighted by Gasteiger charge is -2.11. The molecule has 2 aromatic heterocycles. The van der Waals surface area contributed by atoms with Crippen molar-refractivity contribution in [3.63, 3.8) is 0 Å². The molecule has 5 rings (SSSR count). The summed E-state index contributed by atoms with van der Waals surface area (Å²) in [7, 11) is 1.63. The van der Waals surface area contributed by atoms with Crippen molar-refractivity contribution in [2.75, 3.05) is 18.2 Å². The van der Waals surface area contributed by atoms with Crippen LogP contribution in [0.4, 0.5) is 5.00 Å². The number of carbonyl (C=O) groups excluding carboxylic acids is 1. The van der Waals surface area contributed by atoms with Gasteiger partial charge in [0.15, 0.2) is 11.0 Å². The van der Waals surface area contributed by atoms with Crippen molar-refractivity contribution in [3.8, 4) is 28.9 Å². The van der Waals surface area contributed by atoms with Crippen molar-refractivity contribution in [1.29, 1.82) is 5.26 Å². The van der Waals surface area contributed by atoms with Gasteiger partial charge in [-0.1, -0.05) is 42.1 Å². The number of aromatic nitrogens is 3. The van der Waals surface area contributed by atoms with Crippen LogP contribution in [0.3, 0.4) is 0 Å². The zero-order valence-electron chi connectivity index (χ0n) is 18.4. The number of anilines is 1. The van der Waals surface area contributed by atoms with E-state index in [1.165, 1.54) is 28.0 Å². The number of benzene rings is 2. The number of nitrogens with zero attached hydrogens (tertiary/aromatic N) is 4. The lowest BCUT2D eigenvalue weighted by Crippen LogP contribution is -2.14. The monoisotopic (exact) mass is 487 g/mol. The fourth-order valence-electron chi connectivity index (χ4n) is 4.03. The maximum absolute atomic E-state index is 12.8. The van der Waals surface area contributed by atoms with E-state index in [2.05, 4.69) is 21.6 Å². The van der Waals surface area contributed by atoms with E-state index in [1.807, 2.05) is 59.2 Å². The van der Waals surface area contributed by atoms with Crippen LogP contribution in [0.15, 0.2) is 59.8 Å². The van der Waals surface area contributed by atoms with E-state index in [9.17, 15) is 10.1 Å². The molecule has 0 radical (unpaired) electrons. The molecule has 1 aliphatic rings. The Bertz CT molecular complexity index is 1390. The summed E-state index contributed by atoms with van der Waals surface area (Å²) in [6.07, 6.45) is 2.96. The SMILES string of the molecule is COc1cccc(-c2nnc(SCC(=O)Nc3sc4c(c3C#N)CCC4)n2-c2ccccc2)c1. The highest BCUT2D eigenvalue weighted by Gasteiger charge is 2.23. The number of nitriles is 1. The second kappa shape index (κ2) is 9.71. The largest absolute Gasteiger partial charge is 0.497 e. The lowest BCUT2D eigenvalue weighted by atomic mass is 10.1. The highest BCUT2D eigenvalue weighted by molar-refractivity contribution is 7.99. The minimum absolute atomic E-state index is 0.149. The van der Waals surface area contributed by atoms with E-state index in [1.54, 1.807) is 7.11 Å². The molecule has 170 valence electrons. The Morgan fingerprint density at radius 2 is 2.06 bits per heavy atom. The Labute approximate surface area is 205 Å². The molecular formula is C25H21N5O2S2. The summed E-state index contributed by atoms with van der Waals surface area (Å²) in [5.74, 6) is 1.36. The van der Waals surface area contributed by atoms with Crippen molar-refractivity contribution in [2.45, 2.75) is 24.4 Å². The number of methoxy groups -OCH3 is 1. The second-order valence-electron chi connectivity index (χ2n) is 7.72. The molecule has 0 saturated carbocycles. The Kier molecular flexibility index (Phi) is 6.34. The van der Waals surface area contributed by atoms with Crippen LogP contribution in [0.2, 0.25) is 0 Å². The standard InChI is InChI=1S/C25H21N5O2S2/c1-32-18-10-5-7-16(13-18)23-28-29-25(30(23)17-8-3-2-4-9-17)33-15-22(31)27-24-20(14-26)19-11-6-12-21(19)34-24/h2-5,7-10,13H,6,11-12,15H2,1H3,(H,27,31). The lowest BCUT2D eigenvalue weighted by molar-refractivity contribution is -0.113. The van der Waals surface area contributed by atoms with E-state index < -0.39 is 0 Å². The smallest absolute Gasteiger partial charge is 0.235 e. The van der Waals surface area contributed by atoms with Crippen LogP contribution >= 0.6 is 23.1 Å². The molecule has 1 amide bonds. The normalized spacial score (nSPS) is 12.2. The van der Waals surface area contributed by atoms with E-state index in [4.69, 9.17) is 4.74 Å². The average molecular weight is 488 g/mol. The minimum Gasteiger partial charge on any atom is -0.497 e. The topological polar surface area (TPSA) is 92.8 Å². The number of thiophene rings is 1. The zero-order chi connectivity index (χ0) is 23.5. The Morgan fingerprint density at radius 1 is 1.21 bits per heavy atom. The molecule has 34 heavy (non-hydrogen) atoms. The van der Waals surface area contributed by atoms with Crippen LogP contribution in [0, 0.1) is 11.3 Å². The number of aryl methyl sites for hydroxylation is 1. The molecule has 0 unspecified atom stereocenters. The van der Waals surface area contributed by atoms with Gasteiger partial charge in [-0.05, 0) is 49.1 Å². The highest BCUT2D eigenvalue weighted by Crippen LogP contribution is 2.38. The number of hydrogen-bond donors (Lipinski definition) is 1. The van der Waals surface area contributed by atoms with Gasteiger partial charge in [-0.15, -0.1) is 21.5 Å². The van der Waals surface area contributed by atoms with E-state index >= 15 is 0 Å². The molecule has 0 bridgehead atoms. The number of carbonyl (C=O) groups is 1. The fourth-order valence-corrected chi connectivity index (χ4v) is 6.03. The molecule has 0 saturated heterocycles. The molecule has 4 aromatic rings. The number of thioether (sulfide) groups is 1. The quantitative estimate of drug-likeness (QED) is 0.365. The third-order valence-electron chi connectivity index (χ3n) is 5.59. The highest BCUT2D eigenvalue weighted by atomic mass is 32.2. The zero-order valence-corrected chi connectivity index (χ0v) is 20.1. The van der Waals surface area contributed by atoms with Gasteiger partial charge >= 0.3 is 0 Å². The van der Waals surface area contributed by atoms with Gasteiger partial charge in [-0.25, -0.2) is 0 Å². The Morgan fingerprint density at radius 3 is 2.85 bits per heavy atom. The van der Waals surface area contributed by atoms with Gasteiger partial charge in [0.25, 0.3) is 0 Å². The van der Waals surface area contributed by atoms with Crippen molar-refractivity contribution in [1.82, 2.24) is 14.8 Å². The number of para-hydroxylation sites is 1. The van der Waals surface area contributed by atoms with Crippen LogP contribution in [0.5, 0.6) is 5.75 Å². The number of hydrogen-bond acceptors (Lipinski definition) is 7. The third-order valence-corrected chi connectivity index (χ3v) is 7.73. The summed E-state index contributed by atoms with van der Waals surface area (Å²) in [6.45, 7) is 0. The molecule has 0 aliphatic heterocycles. The summed E-state index contributed by atoms with van der Waals surface area (Å²) in [5.41, 5.74) is 3.47. The Hall–Kier alpha value is -3.61. The van der Waals surface area contributed by atoms with Crippen LogP contribution in [0.1, 0.15) is 22.4 Å². The molecule has 0 atom stereocenters. The number of amides is 1. The third kappa shape index (κ3) is 4.30. The molecule has 9 heteroatoms. The number of fused-ring (bicyclic) bond motifs is 1. The van der Waals surface area contributed by atoms with Crippen LogP contribution in [0.25, 0.3) is 17.1 Å². The van der Waals surface area contributed by atoms with Crippen LogP contribution in [-0.2, 0) is 17.6 Å². The molecule has 7 nitrogen and oxygen atoms in total. The minimum atomic E-state index is -0.174. The molecular weight excluding hydrogens is 466 g/mol. The molecule has 1 aliphatic carbocycles. The van der Waals surface area contributed by atoms with Crippen molar-refractivity contribution < 1.29 is 9.53 Å². The first-order valence-corrected chi connectivity index (χ1v) is 12.6. The van der Waals surface area contributed by atoms with Gasteiger partial charge in [-0.3, -0.25) is 9.36 Å². The van der Waals surface area contributed by atoms with Crippen molar-refractivity contribution in [3.05, 3.63) is 70.6 Å². The predicted octanol–water partition coefficient (Wildman–Crippen LogP) is 5.10. The van der Waals surface area contributed by atoms with Gasteiger partial charge in [0.1, 0.15) is 16.8 Å². The summed E-state index contributed by atoms with van der Waals surface area (Å²) in [5, 5.41) is 22.6. The van der Waals surface area contributed by atoms with Gasteiger partial charge in [-0.2, -0.15) is 5.26 Å². The van der Waals surface area contributed by atoms with Gasteiger partial charge in [0, 0.05) is 16.1 Å². The summed E-state index contributed by atoms with van der Waals surface area (Å²) >= 11 is 2.83. The number of rotatable bonds is 7. The van der Waals surface area contributed by atoms with Crippen molar-refractivity contribution in [2.24, 2.45) is 0 Å². The van der Waals surface area contributed by atoms with E-state index in [0.29, 0.717) is 21.5 Å². The number of nitrogens with one attached hydrogen (secondary N) is 1. The molecule has 0 spiro atoms. The Balaban J connectivity index is 1.39. The molecule has 2 heterocycles. The maximum atomic E-state index is 12.8.